The van der Waals surface area contributed by atoms with Gasteiger partial charge in [-0.2, -0.15) is 0 Å². The summed E-state index contributed by atoms with van der Waals surface area (Å²) in [6.45, 7) is 2.41. The number of thioether (sulfide) groups is 1. The van der Waals surface area contributed by atoms with E-state index in [0.717, 1.165) is 0 Å². The fourth-order valence-electron chi connectivity index (χ4n) is 1.83. The molecule has 29 heavy (non-hydrogen) atoms. The molecule has 5 N–H and O–H groups in total. The third-order valence-corrected chi connectivity index (χ3v) is 4.88. The zero-order valence-electron chi connectivity index (χ0n) is 16.6. The van der Waals surface area contributed by atoms with Crippen LogP contribution in [0.5, 0.6) is 0 Å². The average Bonchev–Trinajstić information content (AvgIpc) is 2.67. The monoisotopic (exact) mass is 436 g/mol. The Hall–Kier alpha value is -2.18. The summed E-state index contributed by atoms with van der Waals surface area (Å²) < 4.78 is 4.40. The largest absolute Gasteiger partial charge is 0.480 e. The van der Waals surface area contributed by atoms with Gasteiger partial charge in [-0.1, -0.05) is 25.6 Å². The molecule has 0 aliphatic heterocycles. The number of amides is 2. The number of methoxy groups -OCH3 is 1. The summed E-state index contributed by atoms with van der Waals surface area (Å²) >= 11 is 0.676. The van der Waals surface area contributed by atoms with Gasteiger partial charge in [0.05, 0.1) is 20.1 Å². The standard InChI is InChI=1S/C17H28N2O9S/c1-17(2,9-20)14(24)15(25)18-7-6-11(21)19-10(16(26)27)8-29-13(23)5-4-12(22)28-3/h10,14,20,24H,4-9H2,1-3H3,(H,18,25)(H,19,21)(H,26,27). The van der Waals surface area contributed by atoms with Crippen molar-refractivity contribution >= 4 is 40.6 Å². The number of aliphatic hydroxyl groups is 2. The van der Waals surface area contributed by atoms with Gasteiger partial charge in [0.15, 0.2) is 5.12 Å². The molecule has 0 radical (unpaired) electrons. The van der Waals surface area contributed by atoms with Gasteiger partial charge < -0.3 is 30.7 Å². The first-order valence-corrected chi connectivity index (χ1v) is 9.74. The Labute approximate surface area is 172 Å². The molecule has 2 atom stereocenters. The Morgan fingerprint density at radius 1 is 1.10 bits per heavy atom. The molecule has 12 heteroatoms. The van der Waals surface area contributed by atoms with Crippen molar-refractivity contribution in [1.82, 2.24) is 10.6 Å². The number of hydrogen-bond acceptors (Lipinski definition) is 9. The highest BCUT2D eigenvalue weighted by Gasteiger charge is 2.32. The van der Waals surface area contributed by atoms with Gasteiger partial charge in [-0.3, -0.25) is 19.2 Å². The molecule has 0 saturated heterocycles. The lowest BCUT2D eigenvalue weighted by Crippen LogP contribution is -2.47. The molecule has 2 amide bonds. The number of rotatable bonds is 13. The van der Waals surface area contributed by atoms with Crippen LogP contribution in [0.4, 0.5) is 0 Å². The summed E-state index contributed by atoms with van der Waals surface area (Å²) in [6, 6.07) is -1.33. The zero-order chi connectivity index (χ0) is 22.6. The van der Waals surface area contributed by atoms with Gasteiger partial charge in [-0.05, 0) is 0 Å². The SMILES string of the molecule is COC(=O)CCC(=O)SCC(NC(=O)CCNC(=O)C(O)C(C)(C)CO)C(=O)O. The molecule has 0 saturated carbocycles. The second-order valence-corrected chi connectivity index (χ2v) is 7.89. The van der Waals surface area contributed by atoms with E-state index < -0.39 is 53.0 Å². The summed E-state index contributed by atoms with van der Waals surface area (Å²) in [5.41, 5.74) is -1.06. The minimum atomic E-state index is -1.48. The van der Waals surface area contributed by atoms with Crippen molar-refractivity contribution in [2.24, 2.45) is 5.41 Å². The zero-order valence-corrected chi connectivity index (χ0v) is 17.4. The number of carboxylic acid groups (broad SMARTS) is 1. The van der Waals surface area contributed by atoms with E-state index in [4.69, 9.17) is 10.2 Å². The van der Waals surface area contributed by atoms with Gasteiger partial charge in [0, 0.05) is 30.6 Å². The van der Waals surface area contributed by atoms with Crippen LogP contribution in [-0.4, -0.2) is 82.3 Å². The number of aliphatic carboxylic acids is 1. The third kappa shape index (κ3) is 10.8. The average molecular weight is 436 g/mol. The Kier molecular flexibility index (Phi) is 12.1. The molecule has 0 aliphatic rings. The van der Waals surface area contributed by atoms with Crippen LogP contribution >= 0.6 is 11.8 Å². The van der Waals surface area contributed by atoms with E-state index in [2.05, 4.69) is 15.4 Å². The molecular weight excluding hydrogens is 408 g/mol. The number of carboxylic acids is 1. The van der Waals surface area contributed by atoms with E-state index in [1.807, 2.05) is 0 Å². The predicted octanol–water partition coefficient (Wildman–Crippen LogP) is -1.35. The van der Waals surface area contributed by atoms with Crippen molar-refractivity contribution in [3.8, 4) is 0 Å². The molecule has 0 aliphatic carbocycles. The molecule has 0 aromatic heterocycles. The summed E-state index contributed by atoms with van der Waals surface area (Å²) in [6.07, 6.45) is -1.96. The molecule has 0 fully saturated rings. The van der Waals surface area contributed by atoms with Crippen molar-refractivity contribution in [3.63, 3.8) is 0 Å². The molecule has 2 unspecified atom stereocenters. The van der Waals surface area contributed by atoms with E-state index in [1.54, 1.807) is 0 Å². The van der Waals surface area contributed by atoms with Crippen LogP contribution < -0.4 is 10.6 Å². The number of carbonyl (C=O) groups is 5. The highest BCUT2D eigenvalue weighted by atomic mass is 32.2. The fourth-order valence-corrected chi connectivity index (χ4v) is 2.66. The van der Waals surface area contributed by atoms with Crippen molar-refractivity contribution in [2.45, 2.75) is 45.3 Å². The highest BCUT2D eigenvalue weighted by Crippen LogP contribution is 2.19. The van der Waals surface area contributed by atoms with Gasteiger partial charge in [0.1, 0.15) is 12.1 Å². The molecule has 11 nitrogen and oxygen atoms in total. The first-order chi connectivity index (χ1) is 13.4. The molecule has 0 bridgehead atoms. The molecule has 0 aromatic rings. The smallest absolute Gasteiger partial charge is 0.327 e. The number of esters is 1. The number of aliphatic hydroxyl groups excluding tert-OH is 2. The fraction of sp³-hybridized carbons (Fsp3) is 0.706. The van der Waals surface area contributed by atoms with E-state index in [0.29, 0.717) is 11.8 Å². The quantitative estimate of drug-likeness (QED) is 0.217. The Bertz CT molecular complexity index is 610. The van der Waals surface area contributed by atoms with E-state index in [1.165, 1.54) is 21.0 Å². The minimum absolute atomic E-state index is 0.115. The van der Waals surface area contributed by atoms with Crippen molar-refractivity contribution in [3.05, 3.63) is 0 Å². The van der Waals surface area contributed by atoms with Crippen LogP contribution in [0.3, 0.4) is 0 Å². The molecule has 166 valence electrons. The Balaban J connectivity index is 4.38. The van der Waals surface area contributed by atoms with Crippen LogP contribution in [0.2, 0.25) is 0 Å². The van der Waals surface area contributed by atoms with Gasteiger partial charge >= 0.3 is 11.9 Å². The minimum Gasteiger partial charge on any atom is -0.480 e. The lowest BCUT2D eigenvalue weighted by Gasteiger charge is -2.27. The van der Waals surface area contributed by atoms with E-state index >= 15 is 0 Å². The summed E-state index contributed by atoms with van der Waals surface area (Å²) in [7, 11) is 1.19. The number of carbonyl (C=O) groups excluding carboxylic acids is 4. The maximum absolute atomic E-state index is 11.9. The lowest BCUT2D eigenvalue weighted by atomic mass is 9.87. The number of hydrogen-bond donors (Lipinski definition) is 5. The highest BCUT2D eigenvalue weighted by molar-refractivity contribution is 8.13. The molecule has 0 spiro atoms. The molecular formula is C17H28N2O9S. The molecule has 0 aromatic carbocycles. The Morgan fingerprint density at radius 3 is 2.24 bits per heavy atom. The normalized spacial score (nSPS) is 13.1. The summed E-state index contributed by atoms with van der Waals surface area (Å²) in [5, 5.41) is 32.3. The van der Waals surface area contributed by atoms with Gasteiger partial charge in [-0.25, -0.2) is 4.79 Å². The van der Waals surface area contributed by atoms with Gasteiger partial charge in [0.25, 0.3) is 0 Å². The first-order valence-electron chi connectivity index (χ1n) is 8.75. The molecule has 0 heterocycles. The predicted molar refractivity (Wildman–Crippen MR) is 103 cm³/mol. The summed E-state index contributed by atoms with van der Waals surface area (Å²) in [5.74, 6) is -3.56. The summed E-state index contributed by atoms with van der Waals surface area (Å²) in [4.78, 5) is 57.5. The van der Waals surface area contributed by atoms with Crippen molar-refractivity contribution in [1.29, 1.82) is 0 Å². The topological polar surface area (TPSA) is 179 Å². The second-order valence-electron chi connectivity index (χ2n) is 6.81. The van der Waals surface area contributed by atoms with E-state index in [-0.39, 0.29) is 31.6 Å². The third-order valence-electron chi connectivity index (χ3n) is 3.85. The van der Waals surface area contributed by atoms with Gasteiger partial charge in [-0.15, -0.1) is 0 Å². The van der Waals surface area contributed by atoms with Crippen LogP contribution in [0.1, 0.15) is 33.1 Å². The van der Waals surface area contributed by atoms with Crippen LogP contribution in [-0.2, 0) is 28.7 Å². The van der Waals surface area contributed by atoms with Crippen LogP contribution in [0.15, 0.2) is 0 Å². The second kappa shape index (κ2) is 13.1. The maximum atomic E-state index is 11.9. The van der Waals surface area contributed by atoms with Gasteiger partial charge in [0.2, 0.25) is 11.8 Å². The Morgan fingerprint density at radius 2 is 1.72 bits per heavy atom. The van der Waals surface area contributed by atoms with Crippen molar-refractivity contribution in [2.75, 3.05) is 26.0 Å². The number of ether oxygens (including phenoxy) is 1. The van der Waals surface area contributed by atoms with Crippen LogP contribution in [0, 0.1) is 5.41 Å². The van der Waals surface area contributed by atoms with Crippen LogP contribution in [0.25, 0.3) is 0 Å². The first kappa shape index (κ1) is 26.8. The lowest BCUT2D eigenvalue weighted by molar-refractivity contribution is -0.141. The molecule has 0 rings (SSSR count). The number of nitrogens with one attached hydrogen (secondary N) is 2. The maximum Gasteiger partial charge on any atom is 0.327 e. The van der Waals surface area contributed by atoms with E-state index in [9.17, 15) is 29.1 Å². The van der Waals surface area contributed by atoms with Crippen molar-refractivity contribution < 1.29 is 44.0 Å².